The van der Waals surface area contributed by atoms with E-state index >= 15 is 0 Å². The van der Waals surface area contributed by atoms with Crippen LogP contribution in [0.3, 0.4) is 0 Å². The first-order valence-corrected chi connectivity index (χ1v) is 6.83. The molecule has 0 saturated heterocycles. The predicted molar refractivity (Wildman–Crippen MR) is 78.1 cm³/mol. The van der Waals surface area contributed by atoms with E-state index in [0.29, 0.717) is 13.2 Å². The fourth-order valence-electron chi connectivity index (χ4n) is 1.91. The molecular formula is C15H21N3O2. The van der Waals surface area contributed by atoms with Gasteiger partial charge in [0, 0.05) is 12.7 Å². The minimum absolute atomic E-state index is 0.583. The molecule has 1 aromatic carbocycles. The average molecular weight is 275 g/mol. The van der Waals surface area contributed by atoms with E-state index in [4.69, 9.17) is 9.47 Å². The third-order valence-electron chi connectivity index (χ3n) is 2.80. The summed E-state index contributed by atoms with van der Waals surface area (Å²) in [4.78, 5) is 4.30. The number of nitrogens with zero attached hydrogens (tertiary/aromatic N) is 2. The van der Waals surface area contributed by atoms with Crippen LogP contribution in [0.1, 0.15) is 12.6 Å². The van der Waals surface area contributed by atoms with Gasteiger partial charge in [-0.3, -0.25) is 0 Å². The first-order valence-electron chi connectivity index (χ1n) is 6.83. The van der Waals surface area contributed by atoms with Gasteiger partial charge in [0.25, 0.3) is 0 Å². The molecule has 0 fully saturated rings. The molecule has 1 N–H and O–H groups in total. The number of hydrogen-bond acceptors (Lipinski definition) is 4. The summed E-state index contributed by atoms with van der Waals surface area (Å²) in [5.74, 6) is 1.57. The van der Waals surface area contributed by atoms with Crippen molar-refractivity contribution in [3.8, 4) is 11.5 Å². The number of imidazole rings is 1. The van der Waals surface area contributed by atoms with Crippen molar-refractivity contribution >= 4 is 0 Å². The second kappa shape index (κ2) is 7.55. The molecule has 1 heterocycles. The van der Waals surface area contributed by atoms with Crippen LogP contribution in [-0.4, -0.2) is 29.8 Å². The molecule has 0 saturated carbocycles. The molecule has 5 heteroatoms. The third kappa shape index (κ3) is 3.99. The normalized spacial score (nSPS) is 10.5. The molecule has 1 aromatic heterocycles. The number of aromatic nitrogens is 2. The van der Waals surface area contributed by atoms with Crippen molar-refractivity contribution in [2.45, 2.75) is 20.0 Å². The van der Waals surface area contributed by atoms with Gasteiger partial charge in [0.1, 0.15) is 6.61 Å². The minimum Gasteiger partial charge on any atom is -0.490 e. The Morgan fingerprint density at radius 3 is 2.65 bits per heavy atom. The lowest BCUT2D eigenvalue weighted by Crippen LogP contribution is -2.08. The average Bonchev–Trinajstić information content (AvgIpc) is 2.89. The maximum absolute atomic E-state index is 5.77. The van der Waals surface area contributed by atoms with E-state index in [1.807, 2.05) is 55.3 Å². The molecule has 0 aliphatic carbocycles. The summed E-state index contributed by atoms with van der Waals surface area (Å²) in [6, 6.07) is 7.73. The van der Waals surface area contributed by atoms with Crippen LogP contribution in [0.5, 0.6) is 11.5 Å². The standard InChI is InChI=1S/C15H21N3O2/c1-3-19-14-6-4-5-7-15(14)20-9-8-18-11-13(10-16-2)17-12-18/h4-7,11-12,16H,3,8-10H2,1-2H3. The van der Waals surface area contributed by atoms with Crippen molar-refractivity contribution in [3.05, 3.63) is 42.5 Å². The van der Waals surface area contributed by atoms with Crippen molar-refractivity contribution in [2.24, 2.45) is 0 Å². The Labute approximate surface area is 119 Å². The zero-order valence-corrected chi connectivity index (χ0v) is 12.0. The van der Waals surface area contributed by atoms with Gasteiger partial charge in [0.05, 0.1) is 25.2 Å². The molecule has 0 spiro atoms. The molecule has 0 bridgehead atoms. The lowest BCUT2D eigenvalue weighted by Gasteiger charge is -2.11. The monoisotopic (exact) mass is 275 g/mol. The SMILES string of the molecule is CCOc1ccccc1OCCn1cnc(CNC)c1. The minimum atomic E-state index is 0.583. The van der Waals surface area contributed by atoms with E-state index < -0.39 is 0 Å². The second-order valence-electron chi connectivity index (χ2n) is 4.36. The van der Waals surface area contributed by atoms with Crippen LogP contribution in [0.15, 0.2) is 36.8 Å². The number of nitrogens with one attached hydrogen (secondary N) is 1. The first-order chi connectivity index (χ1) is 9.83. The van der Waals surface area contributed by atoms with Crippen molar-refractivity contribution in [2.75, 3.05) is 20.3 Å². The largest absolute Gasteiger partial charge is 0.490 e. The molecule has 0 aliphatic rings. The number of rotatable bonds is 8. The van der Waals surface area contributed by atoms with Crippen molar-refractivity contribution in [1.82, 2.24) is 14.9 Å². The quantitative estimate of drug-likeness (QED) is 0.801. The van der Waals surface area contributed by atoms with E-state index in [0.717, 1.165) is 30.3 Å². The summed E-state index contributed by atoms with van der Waals surface area (Å²) >= 11 is 0. The van der Waals surface area contributed by atoms with Crippen LogP contribution in [0, 0.1) is 0 Å². The van der Waals surface area contributed by atoms with Gasteiger partial charge in [-0.2, -0.15) is 0 Å². The topological polar surface area (TPSA) is 48.3 Å². The van der Waals surface area contributed by atoms with Gasteiger partial charge in [-0.25, -0.2) is 4.98 Å². The maximum Gasteiger partial charge on any atom is 0.161 e. The summed E-state index contributed by atoms with van der Waals surface area (Å²) in [5.41, 5.74) is 1.03. The highest BCUT2D eigenvalue weighted by Gasteiger charge is 2.03. The Morgan fingerprint density at radius 2 is 1.95 bits per heavy atom. The van der Waals surface area contributed by atoms with Crippen LogP contribution in [0.4, 0.5) is 0 Å². The van der Waals surface area contributed by atoms with Gasteiger partial charge in [-0.1, -0.05) is 12.1 Å². The molecule has 20 heavy (non-hydrogen) atoms. The third-order valence-corrected chi connectivity index (χ3v) is 2.80. The Morgan fingerprint density at radius 1 is 1.20 bits per heavy atom. The van der Waals surface area contributed by atoms with E-state index in [2.05, 4.69) is 10.3 Å². The summed E-state index contributed by atoms with van der Waals surface area (Å²) in [6.07, 6.45) is 3.85. The highest BCUT2D eigenvalue weighted by molar-refractivity contribution is 5.39. The summed E-state index contributed by atoms with van der Waals surface area (Å²) in [5, 5.41) is 3.08. The summed E-state index contributed by atoms with van der Waals surface area (Å²) in [7, 11) is 1.91. The van der Waals surface area contributed by atoms with Crippen LogP contribution >= 0.6 is 0 Å². The fourth-order valence-corrected chi connectivity index (χ4v) is 1.91. The van der Waals surface area contributed by atoms with Gasteiger partial charge >= 0.3 is 0 Å². The Balaban J connectivity index is 1.85. The summed E-state index contributed by atoms with van der Waals surface area (Å²) in [6.45, 7) is 4.72. The van der Waals surface area contributed by atoms with Gasteiger partial charge in [-0.05, 0) is 26.1 Å². The fraction of sp³-hybridized carbons (Fsp3) is 0.400. The number of para-hydroxylation sites is 2. The van der Waals surface area contributed by atoms with Crippen LogP contribution in [-0.2, 0) is 13.1 Å². The van der Waals surface area contributed by atoms with E-state index in [1.165, 1.54) is 0 Å². The molecule has 2 rings (SSSR count). The molecular weight excluding hydrogens is 254 g/mol. The number of hydrogen-bond donors (Lipinski definition) is 1. The highest BCUT2D eigenvalue weighted by Crippen LogP contribution is 2.26. The number of ether oxygens (including phenoxy) is 2. The van der Waals surface area contributed by atoms with E-state index in [9.17, 15) is 0 Å². The van der Waals surface area contributed by atoms with Crippen molar-refractivity contribution in [1.29, 1.82) is 0 Å². The maximum atomic E-state index is 5.77. The second-order valence-corrected chi connectivity index (χ2v) is 4.36. The number of benzene rings is 1. The van der Waals surface area contributed by atoms with Gasteiger partial charge in [-0.15, -0.1) is 0 Å². The lowest BCUT2D eigenvalue weighted by atomic mass is 10.3. The Hall–Kier alpha value is -2.01. The lowest BCUT2D eigenvalue weighted by molar-refractivity contribution is 0.266. The Bertz CT molecular complexity index is 525. The molecule has 0 atom stereocenters. The predicted octanol–water partition coefficient (Wildman–Crippen LogP) is 2.08. The first kappa shape index (κ1) is 14.4. The molecule has 0 unspecified atom stereocenters. The smallest absolute Gasteiger partial charge is 0.161 e. The molecule has 2 aromatic rings. The molecule has 108 valence electrons. The van der Waals surface area contributed by atoms with E-state index in [-0.39, 0.29) is 0 Å². The van der Waals surface area contributed by atoms with Gasteiger partial charge < -0.3 is 19.4 Å². The molecule has 0 amide bonds. The van der Waals surface area contributed by atoms with Crippen LogP contribution in [0.2, 0.25) is 0 Å². The summed E-state index contributed by atoms with van der Waals surface area (Å²) < 4.78 is 13.3. The van der Waals surface area contributed by atoms with Gasteiger partial charge in [0.2, 0.25) is 0 Å². The van der Waals surface area contributed by atoms with E-state index in [1.54, 1.807) is 0 Å². The van der Waals surface area contributed by atoms with Crippen molar-refractivity contribution < 1.29 is 9.47 Å². The zero-order chi connectivity index (χ0) is 14.2. The zero-order valence-electron chi connectivity index (χ0n) is 12.0. The Kier molecular flexibility index (Phi) is 5.43. The van der Waals surface area contributed by atoms with Gasteiger partial charge in [0.15, 0.2) is 11.5 Å². The van der Waals surface area contributed by atoms with Crippen LogP contribution < -0.4 is 14.8 Å². The van der Waals surface area contributed by atoms with Crippen LogP contribution in [0.25, 0.3) is 0 Å². The molecule has 0 radical (unpaired) electrons. The molecule has 5 nitrogen and oxygen atoms in total. The van der Waals surface area contributed by atoms with Crippen molar-refractivity contribution in [3.63, 3.8) is 0 Å². The molecule has 0 aliphatic heterocycles. The highest BCUT2D eigenvalue weighted by atomic mass is 16.5.